The zero-order chi connectivity index (χ0) is 19.3. The topological polar surface area (TPSA) is 22.0 Å². The van der Waals surface area contributed by atoms with Crippen LogP contribution in [0, 0.1) is 0 Å². The minimum absolute atomic E-state index is 0.00838. The Labute approximate surface area is 165 Å². The number of rotatable bonds is 5. The summed E-state index contributed by atoms with van der Waals surface area (Å²) in [6.45, 7) is 2.18. The van der Waals surface area contributed by atoms with Crippen LogP contribution in [0.3, 0.4) is 0 Å². The van der Waals surface area contributed by atoms with Crippen LogP contribution in [-0.4, -0.2) is 10.5 Å². The van der Waals surface area contributed by atoms with Gasteiger partial charge < -0.3 is 0 Å². The largest absolute Gasteiger partial charge is 0.283 e. The Bertz CT molecular complexity index is 1120. The zero-order valence-electron chi connectivity index (χ0n) is 16.0. The van der Waals surface area contributed by atoms with Gasteiger partial charge in [-0.25, -0.2) is 0 Å². The molecule has 0 saturated carbocycles. The number of carbonyl (C=O) groups excluding carboxylic acids is 1. The van der Waals surface area contributed by atoms with Crippen molar-refractivity contribution in [2.24, 2.45) is 0 Å². The maximum absolute atomic E-state index is 13.2. The summed E-state index contributed by atoms with van der Waals surface area (Å²) in [5.74, 6) is -0.00838. The molecule has 0 fully saturated rings. The van der Waals surface area contributed by atoms with Gasteiger partial charge in [0.05, 0.1) is 5.52 Å². The highest BCUT2D eigenvalue weighted by Crippen LogP contribution is 2.32. The molecule has 0 N–H and O–H groups in total. The average molecular weight is 365 g/mol. The third-order valence-corrected chi connectivity index (χ3v) is 4.96. The van der Waals surface area contributed by atoms with Crippen molar-refractivity contribution in [1.82, 2.24) is 4.57 Å². The molecule has 0 radical (unpaired) electrons. The molecule has 0 atom stereocenters. The molecule has 0 unspecified atom stereocenters. The number of carbonyl (C=O) groups is 1. The van der Waals surface area contributed by atoms with E-state index in [1.807, 2.05) is 60.8 Å². The van der Waals surface area contributed by atoms with Gasteiger partial charge in [0.1, 0.15) is 0 Å². The van der Waals surface area contributed by atoms with Crippen molar-refractivity contribution in [2.75, 3.05) is 0 Å². The summed E-state index contributed by atoms with van der Waals surface area (Å²) in [7, 11) is 0. The van der Waals surface area contributed by atoms with Crippen molar-refractivity contribution in [2.45, 2.75) is 19.8 Å². The normalized spacial score (nSPS) is 11.7. The smallest absolute Gasteiger partial charge is 0.262 e. The van der Waals surface area contributed by atoms with Crippen molar-refractivity contribution in [3.8, 4) is 0 Å². The molecule has 0 aliphatic rings. The molecule has 1 heterocycles. The van der Waals surface area contributed by atoms with Crippen LogP contribution in [-0.2, 0) is 0 Å². The van der Waals surface area contributed by atoms with Crippen LogP contribution >= 0.6 is 0 Å². The van der Waals surface area contributed by atoms with Gasteiger partial charge in [0.2, 0.25) is 0 Å². The van der Waals surface area contributed by atoms with Crippen LogP contribution in [0.1, 0.15) is 41.3 Å². The van der Waals surface area contributed by atoms with E-state index in [1.165, 1.54) is 11.1 Å². The summed E-state index contributed by atoms with van der Waals surface area (Å²) in [6, 6.07) is 28.0. The maximum Gasteiger partial charge on any atom is 0.262 e. The van der Waals surface area contributed by atoms with Gasteiger partial charge in [-0.05, 0) is 35.8 Å². The molecule has 4 rings (SSSR count). The highest BCUT2D eigenvalue weighted by Gasteiger charge is 2.17. The van der Waals surface area contributed by atoms with Crippen LogP contribution < -0.4 is 0 Å². The maximum atomic E-state index is 13.2. The van der Waals surface area contributed by atoms with Crippen LogP contribution in [0.4, 0.5) is 0 Å². The van der Waals surface area contributed by atoms with Crippen molar-refractivity contribution in [3.63, 3.8) is 0 Å². The number of hydrogen-bond acceptors (Lipinski definition) is 1. The highest BCUT2D eigenvalue weighted by molar-refractivity contribution is 6.06. The summed E-state index contributed by atoms with van der Waals surface area (Å²) in [5, 5.41) is 1.10. The summed E-state index contributed by atoms with van der Waals surface area (Å²) in [6.07, 6.45) is 6.36. The van der Waals surface area contributed by atoms with Gasteiger partial charge in [-0.15, -0.1) is 0 Å². The molecule has 0 amide bonds. The summed E-state index contributed by atoms with van der Waals surface area (Å²) < 4.78 is 1.78. The molecule has 28 heavy (non-hydrogen) atoms. The van der Waals surface area contributed by atoms with E-state index in [0.717, 1.165) is 29.3 Å². The lowest BCUT2D eigenvalue weighted by molar-refractivity contribution is 0.0965. The van der Waals surface area contributed by atoms with Crippen molar-refractivity contribution in [3.05, 3.63) is 114 Å². The van der Waals surface area contributed by atoms with E-state index in [1.54, 1.807) is 4.57 Å². The standard InChI is InChI=1S/C26H23NO/c1-2-3-16-22(20-12-6-4-7-13-20)24-19-27(25-18-11-10-17-23(24)25)26(28)21-14-8-5-9-15-21/h4-19H,2-3H2,1H3/b22-16+. The third-order valence-electron chi connectivity index (χ3n) is 4.96. The molecule has 4 aromatic rings. The van der Waals surface area contributed by atoms with Gasteiger partial charge in [-0.2, -0.15) is 0 Å². The van der Waals surface area contributed by atoms with E-state index < -0.39 is 0 Å². The Morgan fingerprint density at radius 2 is 1.43 bits per heavy atom. The van der Waals surface area contributed by atoms with Crippen molar-refractivity contribution >= 4 is 22.4 Å². The fourth-order valence-electron chi connectivity index (χ4n) is 3.57. The molecule has 0 saturated heterocycles. The van der Waals surface area contributed by atoms with Crippen molar-refractivity contribution in [1.29, 1.82) is 0 Å². The summed E-state index contributed by atoms with van der Waals surface area (Å²) in [4.78, 5) is 13.2. The van der Waals surface area contributed by atoms with E-state index in [2.05, 4.69) is 43.3 Å². The van der Waals surface area contributed by atoms with E-state index in [9.17, 15) is 4.79 Å². The molecule has 2 nitrogen and oxygen atoms in total. The predicted octanol–water partition coefficient (Wildman–Crippen LogP) is 6.56. The van der Waals surface area contributed by atoms with Crippen LogP contribution in [0.15, 0.2) is 97.2 Å². The fourth-order valence-corrected chi connectivity index (χ4v) is 3.57. The van der Waals surface area contributed by atoms with Gasteiger partial charge in [0, 0.05) is 22.7 Å². The quantitative estimate of drug-likeness (QED) is 0.392. The van der Waals surface area contributed by atoms with Gasteiger partial charge in [0.25, 0.3) is 5.91 Å². The lowest BCUT2D eigenvalue weighted by atomic mass is 9.96. The van der Waals surface area contributed by atoms with E-state index >= 15 is 0 Å². The van der Waals surface area contributed by atoms with Crippen LogP contribution in [0.2, 0.25) is 0 Å². The number of nitrogens with zero attached hydrogens (tertiary/aromatic N) is 1. The fraction of sp³-hybridized carbons (Fsp3) is 0.115. The number of unbranched alkanes of at least 4 members (excludes halogenated alkanes) is 1. The summed E-state index contributed by atoms with van der Waals surface area (Å²) in [5.41, 5.74) is 5.07. The highest BCUT2D eigenvalue weighted by atomic mass is 16.2. The van der Waals surface area contributed by atoms with Crippen LogP contribution in [0.25, 0.3) is 16.5 Å². The SMILES string of the molecule is CCC/C=C(\c1ccccc1)c1cn(C(=O)c2ccccc2)c2ccccc12. The molecular formula is C26H23NO. The first-order valence-electron chi connectivity index (χ1n) is 9.75. The Morgan fingerprint density at radius 3 is 2.11 bits per heavy atom. The second kappa shape index (κ2) is 8.10. The number of benzene rings is 3. The van der Waals surface area contributed by atoms with Crippen molar-refractivity contribution < 1.29 is 4.79 Å². The molecule has 0 spiro atoms. The Hall–Kier alpha value is -3.39. The van der Waals surface area contributed by atoms with Gasteiger partial charge >= 0.3 is 0 Å². The molecule has 3 aromatic carbocycles. The molecule has 0 aliphatic carbocycles. The molecule has 1 aromatic heterocycles. The monoisotopic (exact) mass is 365 g/mol. The average Bonchev–Trinajstić information content (AvgIpc) is 3.14. The Kier molecular flexibility index (Phi) is 5.20. The minimum Gasteiger partial charge on any atom is -0.283 e. The Morgan fingerprint density at radius 1 is 0.821 bits per heavy atom. The van der Waals surface area contributed by atoms with E-state index in [0.29, 0.717) is 5.56 Å². The molecule has 0 aliphatic heterocycles. The van der Waals surface area contributed by atoms with E-state index in [4.69, 9.17) is 0 Å². The number of allylic oxidation sites excluding steroid dienone is 1. The molecule has 2 heteroatoms. The molecular weight excluding hydrogens is 342 g/mol. The number of fused-ring (bicyclic) bond motifs is 1. The third kappa shape index (κ3) is 3.41. The minimum atomic E-state index is -0.00838. The van der Waals surface area contributed by atoms with Crippen LogP contribution in [0.5, 0.6) is 0 Å². The first-order valence-corrected chi connectivity index (χ1v) is 9.75. The van der Waals surface area contributed by atoms with Gasteiger partial charge in [-0.1, -0.05) is 86.2 Å². The molecule has 138 valence electrons. The number of aromatic nitrogens is 1. The summed E-state index contributed by atoms with van der Waals surface area (Å²) >= 11 is 0. The second-order valence-corrected chi connectivity index (χ2v) is 6.87. The first kappa shape index (κ1) is 18.0. The lowest BCUT2D eigenvalue weighted by Gasteiger charge is -2.07. The molecule has 0 bridgehead atoms. The second-order valence-electron chi connectivity index (χ2n) is 6.87. The van der Waals surface area contributed by atoms with Gasteiger partial charge in [0.15, 0.2) is 0 Å². The number of para-hydroxylation sites is 1. The predicted molar refractivity (Wildman–Crippen MR) is 117 cm³/mol. The zero-order valence-corrected chi connectivity index (χ0v) is 16.0. The van der Waals surface area contributed by atoms with Gasteiger partial charge in [-0.3, -0.25) is 9.36 Å². The lowest BCUT2D eigenvalue weighted by Crippen LogP contribution is -2.10. The first-order chi connectivity index (χ1) is 13.8. The number of hydrogen-bond donors (Lipinski definition) is 0. The van der Waals surface area contributed by atoms with E-state index in [-0.39, 0.29) is 5.91 Å². The Balaban J connectivity index is 1.91.